The lowest BCUT2D eigenvalue weighted by Crippen LogP contribution is -2.62. The fraction of sp³-hybridized carbons (Fsp3) is 0.375. The lowest BCUT2D eigenvalue weighted by molar-refractivity contribution is -0.274. The number of ether oxygens (including phenoxy) is 1. The molecule has 0 aromatic heterocycles. The van der Waals surface area contributed by atoms with Crippen LogP contribution in [0.4, 0.5) is 18.9 Å². The predicted molar refractivity (Wildman–Crippen MR) is 118 cm³/mol. The Labute approximate surface area is 199 Å². The second-order valence-corrected chi connectivity index (χ2v) is 8.61. The van der Waals surface area contributed by atoms with Gasteiger partial charge in [-0.3, -0.25) is 19.3 Å². The number of carbonyl (C=O) groups is 3. The zero-order valence-corrected chi connectivity index (χ0v) is 18.8. The van der Waals surface area contributed by atoms with E-state index in [2.05, 4.69) is 10.1 Å². The largest absolute Gasteiger partial charge is 0.573 e. The van der Waals surface area contributed by atoms with Crippen LogP contribution in [-0.2, 0) is 9.59 Å². The van der Waals surface area contributed by atoms with Gasteiger partial charge < -0.3 is 20.1 Å². The molecule has 0 spiro atoms. The first-order valence-electron chi connectivity index (χ1n) is 11.0. The van der Waals surface area contributed by atoms with Gasteiger partial charge in [-0.15, -0.1) is 13.2 Å². The van der Waals surface area contributed by atoms with Crippen molar-refractivity contribution in [3.05, 3.63) is 59.7 Å². The summed E-state index contributed by atoms with van der Waals surface area (Å²) in [4.78, 5) is 41.4. The molecule has 35 heavy (non-hydrogen) atoms. The molecule has 2 aromatic rings. The lowest BCUT2D eigenvalue weighted by atomic mass is 9.98. The normalized spacial score (nSPS) is 20.4. The van der Waals surface area contributed by atoms with Gasteiger partial charge >= 0.3 is 6.36 Å². The molecule has 2 N–H and O–H groups in total. The minimum atomic E-state index is -4.81. The summed E-state index contributed by atoms with van der Waals surface area (Å²) in [5.74, 6) is -1.19. The van der Waals surface area contributed by atoms with Gasteiger partial charge in [-0.05, 0) is 43.2 Å². The lowest BCUT2D eigenvalue weighted by Gasteiger charge is -2.48. The number of nitrogens with one attached hydrogen (secondary N) is 1. The van der Waals surface area contributed by atoms with E-state index in [0.29, 0.717) is 29.7 Å². The van der Waals surface area contributed by atoms with Gasteiger partial charge in [0.1, 0.15) is 11.4 Å². The molecular weight excluding hydrogens is 467 g/mol. The molecule has 8 nitrogen and oxygen atoms in total. The summed E-state index contributed by atoms with van der Waals surface area (Å²) in [6.07, 6.45) is -5.29. The van der Waals surface area contributed by atoms with Gasteiger partial charge in [-0.1, -0.05) is 24.3 Å². The molecule has 2 aliphatic rings. The number of alkyl halides is 3. The number of fused-ring (bicyclic) bond motifs is 3. The van der Waals surface area contributed by atoms with Crippen LogP contribution in [0.1, 0.15) is 48.2 Å². The van der Waals surface area contributed by atoms with Gasteiger partial charge in [0.25, 0.3) is 5.91 Å². The third-order valence-corrected chi connectivity index (χ3v) is 6.30. The zero-order chi connectivity index (χ0) is 25.4. The third kappa shape index (κ3) is 4.95. The number of aliphatic hydroxyl groups excluding tert-OH is 1. The molecule has 0 bridgehead atoms. The van der Waals surface area contributed by atoms with E-state index in [4.69, 9.17) is 0 Å². The van der Waals surface area contributed by atoms with E-state index in [1.54, 1.807) is 36.1 Å². The van der Waals surface area contributed by atoms with Crippen LogP contribution in [0.25, 0.3) is 0 Å². The molecule has 2 unspecified atom stereocenters. The van der Waals surface area contributed by atoms with Crippen molar-refractivity contribution in [3.8, 4) is 5.75 Å². The van der Waals surface area contributed by atoms with E-state index >= 15 is 0 Å². The molecule has 4 rings (SSSR count). The number of halogens is 3. The highest BCUT2D eigenvalue weighted by Gasteiger charge is 2.52. The summed E-state index contributed by atoms with van der Waals surface area (Å²) >= 11 is 0. The van der Waals surface area contributed by atoms with Crippen LogP contribution in [0.15, 0.2) is 48.5 Å². The fourth-order valence-electron chi connectivity index (χ4n) is 4.56. The minimum Gasteiger partial charge on any atom is -0.406 e. The number of para-hydroxylation sites is 1. The Morgan fingerprint density at radius 2 is 1.86 bits per heavy atom. The summed E-state index contributed by atoms with van der Waals surface area (Å²) in [7, 11) is 0. The van der Waals surface area contributed by atoms with E-state index in [1.165, 1.54) is 17.0 Å². The molecule has 186 valence electrons. The fourth-order valence-corrected chi connectivity index (χ4v) is 4.56. The summed E-state index contributed by atoms with van der Waals surface area (Å²) in [6, 6.07) is 11.6. The highest BCUT2D eigenvalue weighted by Crippen LogP contribution is 2.43. The number of rotatable bonds is 7. The first-order chi connectivity index (χ1) is 16.5. The summed E-state index contributed by atoms with van der Waals surface area (Å²) in [5, 5.41) is 12.8. The number of nitrogens with zero attached hydrogens (tertiary/aromatic N) is 2. The van der Waals surface area contributed by atoms with Gasteiger partial charge in [-0.25, -0.2) is 0 Å². The Morgan fingerprint density at radius 3 is 2.54 bits per heavy atom. The molecule has 3 amide bonds. The van der Waals surface area contributed by atoms with Gasteiger partial charge in [0.15, 0.2) is 0 Å². The van der Waals surface area contributed by atoms with Crippen molar-refractivity contribution < 1.29 is 37.4 Å². The van der Waals surface area contributed by atoms with Crippen molar-refractivity contribution in [1.29, 1.82) is 0 Å². The summed E-state index contributed by atoms with van der Waals surface area (Å²) in [6.45, 7) is 1.70. The topological polar surface area (TPSA) is 99.2 Å². The maximum absolute atomic E-state index is 13.2. The SMILES string of the molecule is CC12CCC(=O)N1c1ccccc1C(=O)N2CCC(=O)NCC(O)c1ccc(OC(F)(F)F)cc1. The van der Waals surface area contributed by atoms with Gasteiger partial charge in [0.2, 0.25) is 11.8 Å². The maximum Gasteiger partial charge on any atom is 0.573 e. The van der Waals surface area contributed by atoms with Crippen LogP contribution in [0.5, 0.6) is 5.75 Å². The van der Waals surface area contributed by atoms with Crippen LogP contribution in [0, 0.1) is 0 Å². The van der Waals surface area contributed by atoms with Crippen molar-refractivity contribution in [1.82, 2.24) is 10.2 Å². The molecule has 2 aromatic carbocycles. The quantitative estimate of drug-likeness (QED) is 0.620. The van der Waals surface area contributed by atoms with Crippen LogP contribution < -0.4 is 15.0 Å². The summed E-state index contributed by atoms with van der Waals surface area (Å²) in [5.41, 5.74) is 0.393. The van der Waals surface area contributed by atoms with E-state index in [0.717, 1.165) is 12.1 Å². The maximum atomic E-state index is 13.2. The molecule has 2 aliphatic heterocycles. The number of benzene rings is 2. The van der Waals surface area contributed by atoms with Gasteiger partial charge in [0.05, 0.1) is 17.4 Å². The molecule has 1 saturated heterocycles. The van der Waals surface area contributed by atoms with Crippen molar-refractivity contribution in [2.24, 2.45) is 0 Å². The average Bonchev–Trinajstić information content (AvgIpc) is 3.11. The number of anilines is 1. The standard InChI is InChI=1S/C24H24F3N3O5/c1-23-12-10-21(33)30(23)18-5-3-2-4-17(18)22(34)29(23)13-11-20(32)28-14-19(31)15-6-8-16(9-7-15)35-24(25,26)27/h2-9,19,31H,10-14H2,1H3,(H,28,32). The Kier molecular flexibility index (Phi) is 6.46. The Bertz CT molecular complexity index is 1140. The second kappa shape index (κ2) is 9.21. The number of aliphatic hydroxyl groups is 1. The van der Waals surface area contributed by atoms with Crippen molar-refractivity contribution >= 4 is 23.4 Å². The molecule has 2 heterocycles. The number of hydrogen-bond donors (Lipinski definition) is 2. The summed E-state index contributed by atoms with van der Waals surface area (Å²) < 4.78 is 40.6. The van der Waals surface area contributed by atoms with Crippen LogP contribution in [-0.4, -0.2) is 52.8 Å². The first-order valence-corrected chi connectivity index (χ1v) is 11.0. The molecular formula is C24H24F3N3O5. The van der Waals surface area contributed by atoms with Crippen LogP contribution >= 0.6 is 0 Å². The Hall–Kier alpha value is -3.60. The average molecular weight is 491 g/mol. The minimum absolute atomic E-state index is 0.0589. The predicted octanol–water partition coefficient (Wildman–Crippen LogP) is 3.12. The molecule has 0 radical (unpaired) electrons. The van der Waals surface area contributed by atoms with E-state index in [1.807, 2.05) is 0 Å². The Balaban J connectivity index is 1.35. The zero-order valence-electron chi connectivity index (χ0n) is 18.8. The number of hydrogen-bond acceptors (Lipinski definition) is 5. The van der Waals surface area contributed by atoms with E-state index in [-0.39, 0.29) is 31.3 Å². The highest BCUT2D eigenvalue weighted by molar-refractivity contribution is 6.10. The smallest absolute Gasteiger partial charge is 0.406 e. The molecule has 1 fully saturated rings. The van der Waals surface area contributed by atoms with Crippen LogP contribution in [0.2, 0.25) is 0 Å². The van der Waals surface area contributed by atoms with Gasteiger partial charge in [0, 0.05) is 25.9 Å². The van der Waals surface area contributed by atoms with Crippen molar-refractivity contribution in [3.63, 3.8) is 0 Å². The molecule has 0 saturated carbocycles. The monoisotopic (exact) mass is 491 g/mol. The van der Waals surface area contributed by atoms with E-state index in [9.17, 15) is 32.7 Å². The number of carbonyl (C=O) groups excluding carboxylic acids is 3. The van der Waals surface area contributed by atoms with E-state index < -0.39 is 29.8 Å². The Morgan fingerprint density at radius 1 is 1.17 bits per heavy atom. The van der Waals surface area contributed by atoms with Gasteiger partial charge in [-0.2, -0.15) is 0 Å². The highest BCUT2D eigenvalue weighted by atomic mass is 19.4. The third-order valence-electron chi connectivity index (χ3n) is 6.30. The second-order valence-electron chi connectivity index (χ2n) is 8.61. The van der Waals surface area contributed by atoms with Crippen molar-refractivity contribution in [2.45, 2.75) is 44.3 Å². The first kappa shape index (κ1) is 24.5. The van der Waals surface area contributed by atoms with Crippen LogP contribution in [0.3, 0.4) is 0 Å². The van der Waals surface area contributed by atoms with Crippen molar-refractivity contribution in [2.75, 3.05) is 18.0 Å². The molecule has 11 heteroatoms. The number of amides is 3. The molecule has 0 aliphatic carbocycles. The molecule has 2 atom stereocenters.